The largest absolute Gasteiger partial charge is 0.487 e. The summed E-state index contributed by atoms with van der Waals surface area (Å²) in [6.45, 7) is 7.61. The summed E-state index contributed by atoms with van der Waals surface area (Å²) in [5.41, 5.74) is 7.05. The first kappa shape index (κ1) is 31.5. The minimum Gasteiger partial charge on any atom is -0.487 e. The molecule has 3 amide bonds. The molecule has 0 radical (unpaired) electrons. The molecule has 4 N–H and O–H groups in total. The van der Waals surface area contributed by atoms with Crippen LogP contribution in [0.15, 0.2) is 54.6 Å². The van der Waals surface area contributed by atoms with E-state index in [4.69, 9.17) is 10.5 Å². The summed E-state index contributed by atoms with van der Waals surface area (Å²) in [6, 6.07) is 13.5. The third kappa shape index (κ3) is 9.83. The second-order valence-corrected chi connectivity index (χ2v) is 10.8. The molecule has 9 nitrogen and oxygen atoms in total. The van der Waals surface area contributed by atoms with Crippen molar-refractivity contribution in [1.29, 1.82) is 0 Å². The van der Waals surface area contributed by atoms with E-state index in [0.29, 0.717) is 24.2 Å². The number of ether oxygens (including phenoxy) is 1. The molecular weight excluding hydrogens is 496 g/mol. The van der Waals surface area contributed by atoms with Crippen molar-refractivity contribution in [1.82, 2.24) is 15.5 Å². The Morgan fingerprint density at radius 2 is 1.54 bits per heavy atom. The minimum atomic E-state index is -1.13. The van der Waals surface area contributed by atoms with Crippen LogP contribution in [0.1, 0.15) is 50.0 Å². The van der Waals surface area contributed by atoms with Gasteiger partial charge in [0, 0.05) is 5.56 Å². The van der Waals surface area contributed by atoms with Gasteiger partial charge in [-0.2, -0.15) is 0 Å². The van der Waals surface area contributed by atoms with Gasteiger partial charge in [0.15, 0.2) is 0 Å². The average molecular weight is 539 g/mol. The molecular formula is C30H42N4O5. The van der Waals surface area contributed by atoms with Crippen LogP contribution in [-0.2, 0) is 20.8 Å². The SMILES string of the molecule is CC(C)C[C@H](NC(=O)[C@@H](NC(=O)[C@@H](Cc1ccccc1)N(C)C)[C@H](Oc1ccc(C=O)cc1)C(C)C)C(N)=O. The Balaban J connectivity index is 2.41. The zero-order valence-electron chi connectivity index (χ0n) is 23.7. The zero-order chi connectivity index (χ0) is 29.1. The Kier molecular flexibility index (Phi) is 12.1. The number of likely N-dealkylation sites (N-methyl/N-ethyl adjacent to an activating group) is 1. The lowest BCUT2D eigenvalue weighted by molar-refractivity contribution is -0.136. The molecule has 212 valence electrons. The second kappa shape index (κ2) is 15.0. The van der Waals surface area contributed by atoms with E-state index in [9.17, 15) is 19.2 Å². The van der Waals surface area contributed by atoms with Crippen molar-refractivity contribution < 1.29 is 23.9 Å². The number of carbonyl (C=O) groups is 4. The second-order valence-electron chi connectivity index (χ2n) is 10.8. The van der Waals surface area contributed by atoms with Gasteiger partial charge in [-0.15, -0.1) is 0 Å². The van der Waals surface area contributed by atoms with Crippen LogP contribution in [0.5, 0.6) is 5.75 Å². The number of nitrogens with zero attached hydrogens (tertiary/aromatic N) is 1. The summed E-state index contributed by atoms with van der Waals surface area (Å²) in [5, 5.41) is 5.66. The van der Waals surface area contributed by atoms with Gasteiger partial charge in [0.2, 0.25) is 17.7 Å². The Morgan fingerprint density at radius 3 is 2.03 bits per heavy atom. The molecule has 0 saturated heterocycles. The molecule has 0 aliphatic carbocycles. The highest BCUT2D eigenvalue weighted by Crippen LogP contribution is 2.20. The number of nitrogens with one attached hydrogen (secondary N) is 2. The maximum atomic E-state index is 13.7. The summed E-state index contributed by atoms with van der Waals surface area (Å²) < 4.78 is 6.22. The fraction of sp³-hybridized carbons (Fsp3) is 0.467. The third-order valence-corrected chi connectivity index (χ3v) is 6.42. The van der Waals surface area contributed by atoms with E-state index >= 15 is 0 Å². The number of nitrogens with two attached hydrogens (primary N) is 1. The lowest BCUT2D eigenvalue weighted by Gasteiger charge is -2.33. The molecule has 0 bridgehead atoms. The van der Waals surface area contributed by atoms with Gasteiger partial charge in [-0.05, 0) is 68.6 Å². The van der Waals surface area contributed by atoms with Crippen LogP contribution in [0.4, 0.5) is 0 Å². The van der Waals surface area contributed by atoms with Crippen molar-refractivity contribution >= 4 is 24.0 Å². The number of carbonyl (C=O) groups excluding carboxylic acids is 4. The number of benzene rings is 2. The highest BCUT2D eigenvalue weighted by molar-refractivity contribution is 5.93. The van der Waals surface area contributed by atoms with Crippen LogP contribution >= 0.6 is 0 Å². The Hall–Kier alpha value is -3.72. The predicted molar refractivity (Wildman–Crippen MR) is 151 cm³/mol. The maximum Gasteiger partial charge on any atom is 0.247 e. The van der Waals surface area contributed by atoms with E-state index in [0.717, 1.165) is 11.8 Å². The fourth-order valence-corrected chi connectivity index (χ4v) is 4.24. The van der Waals surface area contributed by atoms with Crippen LogP contribution in [0.25, 0.3) is 0 Å². The molecule has 0 aliphatic heterocycles. The number of hydrogen-bond donors (Lipinski definition) is 3. The first-order valence-corrected chi connectivity index (χ1v) is 13.2. The van der Waals surface area contributed by atoms with Crippen molar-refractivity contribution in [2.24, 2.45) is 17.6 Å². The van der Waals surface area contributed by atoms with Gasteiger partial charge in [-0.25, -0.2) is 0 Å². The molecule has 0 fully saturated rings. The van der Waals surface area contributed by atoms with E-state index in [2.05, 4.69) is 10.6 Å². The van der Waals surface area contributed by atoms with Crippen molar-refractivity contribution in [2.45, 2.75) is 64.8 Å². The summed E-state index contributed by atoms with van der Waals surface area (Å²) in [6.07, 6.45) is 0.734. The molecule has 9 heteroatoms. The topological polar surface area (TPSA) is 131 Å². The van der Waals surface area contributed by atoms with Crippen LogP contribution < -0.4 is 21.1 Å². The van der Waals surface area contributed by atoms with Gasteiger partial charge in [0.1, 0.15) is 30.2 Å². The van der Waals surface area contributed by atoms with E-state index in [-0.39, 0.29) is 17.7 Å². The van der Waals surface area contributed by atoms with E-state index in [1.54, 1.807) is 43.3 Å². The average Bonchev–Trinajstić information content (AvgIpc) is 2.88. The van der Waals surface area contributed by atoms with Crippen molar-refractivity contribution in [3.8, 4) is 5.75 Å². The van der Waals surface area contributed by atoms with Crippen molar-refractivity contribution in [3.63, 3.8) is 0 Å². The van der Waals surface area contributed by atoms with Crippen LogP contribution in [0.3, 0.4) is 0 Å². The van der Waals surface area contributed by atoms with Crippen molar-refractivity contribution in [3.05, 3.63) is 65.7 Å². The highest BCUT2D eigenvalue weighted by atomic mass is 16.5. The lowest BCUT2D eigenvalue weighted by atomic mass is 9.96. The van der Waals surface area contributed by atoms with Gasteiger partial charge in [0.25, 0.3) is 0 Å². The first-order chi connectivity index (χ1) is 18.4. The molecule has 0 saturated carbocycles. The normalized spacial score (nSPS) is 14.4. The van der Waals surface area contributed by atoms with Gasteiger partial charge < -0.3 is 21.1 Å². The molecule has 2 aromatic carbocycles. The van der Waals surface area contributed by atoms with Crippen molar-refractivity contribution in [2.75, 3.05) is 14.1 Å². The molecule has 39 heavy (non-hydrogen) atoms. The molecule has 0 spiro atoms. The Morgan fingerprint density at radius 1 is 0.923 bits per heavy atom. The Labute approximate surface area is 231 Å². The molecule has 0 heterocycles. The van der Waals surface area contributed by atoms with Gasteiger partial charge in [-0.1, -0.05) is 58.0 Å². The van der Waals surface area contributed by atoms with Gasteiger partial charge >= 0.3 is 0 Å². The quantitative estimate of drug-likeness (QED) is 0.299. The summed E-state index contributed by atoms with van der Waals surface area (Å²) in [4.78, 5) is 52.3. The van der Waals surface area contributed by atoms with E-state index in [1.165, 1.54) is 0 Å². The number of rotatable bonds is 15. The van der Waals surface area contributed by atoms with Crippen LogP contribution in [0, 0.1) is 11.8 Å². The minimum absolute atomic E-state index is 0.105. The highest BCUT2D eigenvalue weighted by Gasteiger charge is 2.37. The number of amides is 3. The predicted octanol–water partition coefficient (Wildman–Crippen LogP) is 2.58. The summed E-state index contributed by atoms with van der Waals surface area (Å²) >= 11 is 0. The monoisotopic (exact) mass is 538 g/mol. The fourth-order valence-electron chi connectivity index (χ4n) is 4.24. The standard InChI is InChI=1S/C30H42N4O5/c1-19(2)16-24(28(31)36)32-30(38)26(27(20(3)4)39-23-14-12-22(18-35)13-15-23)33-29(37)25(34(5)6)17-21-10-8-7-9-11-21/h7-15,18-20,24-27H,16-17H2,1-6H3,(H2,31,36)(H,32,38)(H,33,37)/t24-,25+,26-,27+/m0/s1. The molecule has 0 aliphatic rings. The number of primary amides is 1. The number of aldehydes is 1. The molecule has 0 aromatic heterocycles. The van der Waals surface area contributed by atoms with Crippen LogP contribution in [0.2, 0.25) is 0 Å². The first-order valence-electron chi connectivity index (χ1n) is 13.2. The Bertz CT molecular complexity index is 1090. The molecule has 2 aromatic rings. The number of hydrogen-bond acceptors (Lipinski definition) is 6. The van der Waals surface area contributed by atoms with Crippen LogP contribution in [-0.4, -0.2) is 67.2 Å². The lowest BCUT2D eigenvalue weighted by Crippen LogP contribution is -2.61. The maximum absolute atomic E-state index is 13.7. The third-order valence-electron chi connectivity index (χ3n) is 6.42. The smallest absolute Gasteiger partial charge is 0.247 e. The molecule has 2 rings (SSSR count). The molecule has 0 unspecified atom stereocenters. The van der Waals surface area contributed by atoms with E-state index in [1.807, 2.05) is 58.0 Å². The zero-order valence-corrected chi connectivity index (χ0v) is 23.7. The molecule has 4 atom stereocenters. The van der Waals surface area contributed by atoms with Gasteiger partial charge in [-0.3, -0.25) is 24.1 Å². The summed E-state index contributed by atoms with van der Waals surface area (Å²) in [5.74, 6) is -1.23. The van der Waals surface area contributed by atoms with Gasteiger partial charge in [0.05, 0.1) is 6.04 Å². The van der Waals surface area contributed by atoms with E-state index < -0.39 is 36.0 Å². The summed E-state index contributed by atoms with van der Waals surface area (Å²) in [7, 11) is 3.61.